The molecule has 0 fully saturated rings. The first-order valence-electron chi connectivity index (χ1n) is 7.03. The second-order valence-electron chi connectivity index (χ2n) is 6.09. The zero-order valence-corrected chi connectivity index (χ0v) is 12.9. The van der Waals surface area contributed by atoms with E-state index in [4.69, 9.17) is 5.73 Å². The number of nitrogen functional groups attached to an aromatic ring is 1. The van der Waals surface area contributed by atoms with Crippen LogP contribution in [0.3, 0.4) is 0 Å². The molecule has 0 spiro atoms. The zero-order valence-electron chi connectivity index (χ0n) is 12.9. The number of aryl methyl sites for hydroxylation is 1. The summed E-state index contributed by atoms with van der Waals surface area (Å²) >= 11 is 0. The van der Waals surface area contributed by atoms with E-state index in [0.717, 1.165) is 24.2 Å². The summed E-state index contributed by atoms with van der Waals surface area (Å²) in [7, 11) is 0. The van der Waals surface area contributed by atoms with Gasteiger partial charge in [0.25, 0.3) is 5.91 Å². The number of aromatic amines is 2. The van der Waals surface area contributed by atoms with Crippen LogP contribution in [0.2, 0.25) is 0 Å². The average molecular weight is 290 g/mol. The van der Waals surface area contributed by atoms with E-state index in [0.29, 0.717) is 11.5 Å². The molecule has 0 bridgehead atoms. The van der Waals surface area contributed by atoms with Crippen molar-refractivity contribution < 1.29 is 4.79 Å². The Bertz CT molecular complexity index is 634. The summed E-state index contributed by atoms with van der Waals surface area (Å²) in [5, 5.41) is 16.5. The molecular weight excluding hydrogens is 268 g/mol. The number of nitrogens with one attached hydrogen (secondary N) is 3. The Morgan fingerprint density at radius 2 is 2.05 bits per heavy atom. The van der Waals surface area contributed by atoms with Crippen LogP contribution in [0, 0.1) is 0 Å². The molecule has 1 amide bonds. The predicted octanol–water partition coefficient (Wildman–Crippen LogP) is 2.22. The summed E-state index contributed by atoms with van der Waals surface area (Å²) in [5.41, 5.74) is 8.22. The van der Waals surface area contributed by atoms with Crippen LogP contribution < -0.4 is 11.1 Å². The molecule has 2 aromatic rings. The lowest BCUT2D eigenvalue weighted by Gasteiger charge is -2.14. The van der Waals surface area contributed by atoms with Crippen molar-refractivity contribution in [2.75, 3.05) is 11.1 Å². The van der Waals surface area contributed by atoms with Crippen molar-refractivity contribution in [2.24, 2.45) is 0 Å². The van der Waals surface area contributed by atoms with Gasteiger partial charge in [-0.15, -0.1) is 0 Å². The first kappa shape index (κ1) is 15.1. The maximum atomic E-state index is 12.2. The molecule has 0 radical (unpaired) electrons. The van der Waals surface area contributed by atoms with Gasteiger partial charge in [0, 0.05) is 17.2 Å². The molecule has 2 aromatic heterocycles. The van der Waals surface area contributed by atoms with Crippen LogP contribution >= 0.6 is 0 Å². The summed E-state index contributed by atoms with van der Waals surface area (Å²) in [6, 6.07) is 1.81. The molecule has 2 rings (SSSR count). The summed E-state index contributed by atoms with van der Waals surface area (Å²) < 4.78 is 0. The minimum atomic E-state index is -0.363. The van der Waals surface area contributed by atoms with Crippen molar-refractivity contribution >= 4 is 17.4 Å². The largest absolute Gasteiger partial charge is 0.395 e. The van der Waals surface area contributed by atoms with Crippen molar-refractivity contribution in [1.82, 2.24) is 20.4 Å². The van der Waals surface area contributed by atoms with Crippen LogP contribution in [-0.2, 0) is 11.8 Å². The number of aromatic nitrogens is 4. The minimum Gasteiger partial charge on any atom is -0.395 e. The highest BCUT2D eigenvalue weighted by atomic mass is 16.2. The Morgan fingerprint density at radius 3 is 2.62 bits per heavy atom. The van der Waals surface area contributed by atoms with E-state index in [1.165, 1.54) is 0 Å². The smallest absolute Gasteiger partial charge is 0.279 e. The molecule has 2 heterocycles. The fourth-order valence-electron chi connectivity index (χ4n) is 1.95. The third-order valence-corrected chi connectivity index (χ3v) is 3.23. The Kier molecular flexibility index (Phi) is 4.02. The molecule has 114 valence electrons. The molecule has 0 aliphatic heterocycles. The molecule has 0 saturated heterocycles. The lowest BCUT2D eigenvalue weighted by molar-refractivity contribution is 0.102. The average Bonchev–Trinajstić information content (AvgIpc) is 2.98. The Morgan fingerprint density at radius 1 is 1.33 bits per heavy atom. The topological polar surface area (TPSA) is 112 Å². The number of hydrogen-bond donors (Lipinski definition) is 4. The first-order chi connectivity index (χ1) is 9.82. The van der Waals surface area contributed by atoms with E-state index in [9.17, 15) is 4.79 Å². The lowest BCUT2D eigenvalue weighted by Crippen LogP contribution is -2.14. The van der Waals surface area contributed by atoms with Crippen molar-refractivity contribution in [1.29, 1.82) is 0 Å². The van der Waals surface area contributed by atoms with E-state index in [2.05, 4.69) is 46.5 Å². The highest BCUT2D eigenvalue weighted by Crippen LogP contribution is 2.22. The van der Waals surface area contributed by atoms with Crippen LogP contribution in [0.25, 0.3) is 0 Å². The zero-order chi connectivity index (χ0) is 15.6. The molecular formula is C14H22N6O. The highest BCUT2D eigenvalue weighted by Gasteiger charge is 2.20. The number of carbonyl (C=O) groups is 1. The van der Waals surface area contributed by atoms with Gasteiger partial charge >= 0.3 is 0 Å². The van der Waals surface area contributed by atoms with Crippen molar-refractivity contribution in [3.63, 3.8) is 0 Å². The maximum Gasteiger partial charge on any atom is 0.279 e. The van der Waals surface area contributed by atoms with Crippen LogP contribution in [0.4, 0.5) is 11.5 Å². The summed E-state index contributed by atoms with van der Waals surface area (Å²) in [4.78, 5) is 12.2. The van der Waals surface area contributed by atoms with Gasteiger partial charge in [0.15, 0.2) is 11.5 Å². The Balaban J connectivity index is 2.13. The van der Waals surface area contributed by atoms with Gasteiger partial charge in [0.1, 0.15) is 0 Å². The highest BCUT2D eigenvalue weighted by molar-refractivity contribution is 6.06. The second-order valence-corrected chi connectivity index (χ2v) is 6.09. The number of hydrogen-bond acceptors (Lipinski definition) is 4. The third kappa shape index (κ3) is 3.24. The van der Waals surface area contributed by atoms with Gasteiger partial charge in [0.2, 0.25) is 0 Å². The molecule has 0 unspecified atom stereocenters. The van der Waals surface area contributed by atoms with Crippen molar-refractivity contribution in [3.8, 4) is 0 Å². The molecule has 0 aliphatic carbocycles. The Labute approximate surface area is 123 Å². The molecule has 7 nitrogen and oxygen atoms in total. The fourth-order valence-corrected chi connectivity index (χ4v) is 1.95. The number of nitrogens with two attached hydrogens (primary N) is 1. The lowest BCUT2D eigenvalue weighted by atomic mass is 9.92. The van der Waals surface area contributed by atoms with E-state index in [1.807, 2.05) is 13.0 Å². The van der Waals surface area contributed by atoms with Crippen LogP contribution in [0.5, 0.6) is 0 Å². The van der Waals surface area contributed by atoms with E-state index >= 15 is 0 Å². The van der Waals surface area contributed by atoms with Crippen LogP contribution in [0.15, 0.2) is 6.07 Å². The molecule has 0 saturated carbocycles. The minimum absolute atomic E-state index is 0.0599. The van der Waals surface area contributed by atoms with Gasteiger partial charge in [-0.25, -0.2) is 0 Å². The van der Waals surface area contributed by atoms with Gasteiger partial charge in [-0.1, -0.05) is 34.1 Å². The van der Waals surface area contributed by atoms with Gasteiger partial charge in [-0.05, 0) is 6.42 Å². The number of carbonyl (C=O) groups excluding carboxylic acids is 1. The first-order valence-corrected chi connectivity index (χ1v) is 7.03. The number of nitrogens with zero attached hydrogens (tertiary/aromatic N) is 2. The van der Waals surface area contributed by atoms with Crippen molar-refractivity contribution in [3.05, 3.63) is 23.1 Å². The van der Waals surface area contributed by atoms with Crippen LogP contribution in [0.1, 0.15) is 56.0 Å². The summed E-state index contributed by atoms with van der Waals surface area (Å²) in [6.07, 6.45) is 1.70. The summed E-state index contributed by atoms with van der Waals surface area (Å²) in [5.74, 6) is 0.0995. The van der Waals surface area contributed by atoms with E-state index < -0.39 is 0 Å². The standard InChI is InChI=1S/C14H22N6O/c1-5-6-8-11(15)12(20-17-8)13(21)16-10-7-9(18-19-10)14(2,3)4/h7H,5-6,15H2,1-4H3,(H,17,20)(H2,16,18,19,21). The number of rotatable bonds is 4. The number of amides is 1. The molecule has 0 atom stereocenters. The van der Waals surface area contributed by atoms with Crippen LogP contribution in [-0.4, -0.2) is 26.3 Å². The number of H-pyrrole nitrogens is 2. The monoisotopic (exact) mass is 290 g/mol. The molecule has 5 N–H and O–H groups in total. The van der Waals surface area contributed by atoms with E-state index in [1.54, 1.807) is 0 Å². The second kappa shape index (κ2) is 5.59. The molecule has 0 aliphatic rings. The maximum absolute atomic E-state index is 12.2. The van der Waals surface area contributed by atoms with Gasteiger partial charge < -0.3 is 11.1 Å². The third-order valence-electron chi connectivity index (χ3n) is 3.23. The SMILES string of the molecule is CCCc1[nH]nc(C(=O)Nc2cc(C(C)(C)C)[nH]n2)c1N. The molecule has 0 aromatic carbocycles. The number of anilines is 2. The van der Waals surface area contributed by atoms with Gasteiger partial charge in [0.05, 0.1) is 11.4 Å². The van der Waals surface area contributed by atoms with Gasteiger partial charge in [-0.2, -0.15) is 10.2 Å². The Hall–Kier alpha value is -2.31. The molecule has 21 heavy (non-hydrogen) atoms. The van der Waals surface area contributed by atoms with E-state index in [-0.39, 0.29) is 17.0 Å². The van der Waals surface area contributed by atoms with Crippen molar-refractivity contribution in [2.45, 2.75) is 46.0 Å². The summed E-state index contributed by atoms with van der Waals surface area (Å²) in [6.45, 7) is 8.23. The quantitative estimate of drug-likeness (QED) is 0.691. The molecule has 7 heteroatoms. The van der Waals surface area contributed by atoms with Gasteiger partial charge in [-0.3, -0.25) is 15.0 Å². The normalized spacial score (nSPS) is 11.6. The fraction of sp³-hybridized carbons (Fsp3) is 0.500. The predicted molar refractivity (Wildman–Crippen MR) is 82.2 cm³/mol.